The van der Waals surface area contributed by atoms with Crippen molar-refractivity contribution in [3.63, 3.8) is 0 Å². The molecule has 1 heterocycles. The first-order valence-corrected chi connectivity index (χ1v) is 8.59. The molecule has 0 aliphatic heterocycles. The van der Waals surface area contributed by atoms with Gasteiger partial charge in [0.15, 0.2) is 0 Å². The molecule has 2 rings (SSSR count). The molecule has 5 nitrogen and oxygen atoms in total. The van der Waals surface area contributed by atoms with E-state index in [9.17, 15) is 4.79 Å². The van der Waals surface area contributed by atoms with Crippen LogP contribution >= 0.6 is 11.6 Å². The zero-order chi connectivity index (χ0) is 17.5. The molecule has 0 radical (unpaired) electrons. The number of amides is 1. The van der Waals surface area contributed by atoms with Crippen LogP contribution in [-0.4, -0.2) is 21.6 Å². The number of halogens is 1. The molecule has 0 saturated carbocycles. The minimum atomic E-state index is -0.0128. The van der Waals surface area contributed by atoms with E-state index in [1.165, 1.54) is 0 Å². The number of rotatable bonds is 8. The predicted molar refractivity (Wildman–Crippen MR) is 95.3 cm³/mol. The standard InChI is InChI=1S/C18H24ClN3O2/c1-4-17-20-8-10-22(17)9-7-18(23)21-12-14-11-15(19)5-6-16(14)24-13(2)3/h5-6,8,10-11,13H,4,7,9,12H2,1-3H3,(H,21,23). The Bertz CT molecular complexity index is 683. The van der Waals surface area contributed by atoms with Crippen molar-refractivity contribution < 1.29 is 9.53 Å². The third kappa shape index (κ3) is 5.27. The van der Waals surface area contributed by atoms with Gasteiger partial charge in [-0.2, -0.15) is 0 Å². The maximum atomic E-state index is 12.1. The van der Waals surface area contributed by atoms with Gasteiger partial charge in [-0.3, -0.25) is 4.79 Å². The van der Waals surface area contributed by atoms with Crippen LogP contribution in [0.1, 0.15) is 38.6 Å². The summed E-state index contributed by atoms with van der Waals surface area (Å²) in [4.78, 5) is 16.4. The predicted octanol–water partition coefficient (Wildman–Crippen LogP) is 3.59. The largest absolute Gasteiger partial charge is 0.491 e. The minimum absolute atomic E-state index is 0.0128. The molecule has 0 aliphatic carbocycles. The molecule has 0 aliphatic rings. The smallest absolute Gasteiger partial charge is 0.222 e. The molecular formula is C18H24ClN3O2. The average molecular weight is 350 g/mol. The molecule has 1 amide bonds. The van der Waals surface area contributed by atoms with Crippen LogP contribution < -0.4 is 10.1 Å². The lowest BCUT2D eigenvalue weighted by molar-refractivity contribution is -0.121. The van der Waals surface area contributed by atoms with Gasteiger partial charge in [-0.05, 0) is 32.0 Å². The Balaban J connectivity index is 1.90. The number of nitrogens with zero attached hydrogens (tertiary/aromatic N) is 2. The van der Waals surface area contributed by atoms with Gasteiger partial charge in [-0.25, -0.2) is 4.98 Å². The topological polar surface area (TPSA) is 56.2 Å². The highest BCUT2D eigenvalue weighted by Crippen LogP contribution is 2.23. The lowest BCUT2D eigenvalue weighted by Gasteiger charge is -2.15. The number of benzene rings is 1. The fourth-order valence-corrected chi connectivity index (χ4v) is 2.61. The number of aryl methyl sites for hydroxylation is 2. The maximum Gasteiger partial charge on any atom is 0.222 e. The summed E-state index contributed by atoms with van der Waals surface area (Å²) < 4.78 is 7.77. The van der Waals surface area contributed by atoms with Crippen LogP contribution in [0.5, 0.6) is 5.75 Å². The number of nitrogens with one attached hydrogen (secondary N) is 1. The first-order valence-electron chi connectivity index (χ1n) is 8.21. The summed E-state index contributed by atoms with van der Waals surface area (Å²) in [6.45, 7) is 7.00. The highest BCUT2D eigenvalue weighted by Gasteiger charge is 2.09. The zero-order valence-corrected chi connectivity index (χ0v) is 15.1. The number of imidazole rings is 1. The Kier molecular flexibility index (Phi) is 6.67. The Morgan fingerprint density at radius 2 is 2.21 bits per heavy atom. The van der Waals surface area contributed by atoms with E-state index in [2.05, 4.69) is 10.3 Å². The van der Waals surface area contributed by atoms with Gasteiger partial charge in [0.2, 0.25) is 5.91 Å². The van der Waals surface area contributed by atoms with E-state index in [-0.39, 0.29) is 12.0 Å². The SMILES string of the molecule is CCc1nccn1CCC(=O)NCc1cc(Cl)ccc1OC(C)C. The molecule has 1 aromatic heterocycles. The Labute approximate surface area is 148 Å². The third-order valence-electron chi connectivity index (χ3n) is 3.56. The van der Waals surface area contributed by atoms with E-state index >= 15 is 0 Å². The molecule has 1 N–H and O–H groups in total. The number of aromatic nitrogens is 2. The van der Waals surface area contributed by atoms with Crippen molar-refractivity contribution in [2.75, 3.05) is 0 Å². The normalized spacial score (nSPS) is 10.9. The number of carbonyl (C=O) groups excluding carboxylic acids is 1. The van der Waals surface area contributed by atoms with Crippen molar-refractivity contribution in [3.05, 3.63) is 47.0 Å². The molecule has 0 bridgehead atoms. The molecule has 0 spiro atoms. The van der Waals surface area contributed by atoms with E-state index < -0.39 is 0 Å². The minimum Gasteiger partial charge on any atom is -0.491 e. The highest BCUT2D eigenvalue weighted by atomic mass is 35.5. The number of carbonyl (C=O) groups is 1. The summed E-state index contributed by atoms with van der Waals surface area (Å²) in [7, 11) is 0. The monoisotopic (exact) mass is 349 g/mol. The summed E-state index contributed by atoms with van der Waals surface area (Å²) in [6.07, 6.45) is 4.99. The average Bonchev–Trinajstić information content (AvgIpc) is 3.00. The van der Waals surface area contributed by atoms with Crippen molar-refractivity contribution in [1.29, 1.82) is 0 Å². The van der Waals surface area contributed by atoms with E-state index in [4.69, 9.17) is 16.3 Å². The van der Waals surface area contributed by atoms with Crippen LogP contribution in [0.4, 0.5) is 0 Å². The van der Waals surface area contributed by atoms with Crippen LogP contribution in [0.3, 0.4) is 0 Å². The second kappa shape index (κ2) is 8.73. The number of hydrogen-bond acceptors (Lipinski definition) is 3. The van der Waals surface area contributed by atoms with Crippen molar-refractivity contribution in [2.24, 2.45) is 0 Å². The van der Waals surface area contributed by atoms with Crippen molar-refractivity contribution in [2.45, 2.75) is 52.8 Å². The highest BCUT2D eigenvalue weighted by molar-refractivity contribution is 6.30. The van der Waals surface area contributed by atoms with Gasteiger partial charge >= 0.3 is 0 Å². The second-order valence-corrected chi connectivity index (χ2v) is 6.27. The second-order valence-electron chi connectivity index (χ2n) is 5.84. The van der Waals surface area contributed by atoms with Crippen LogP contribution in [-0.2, 0) is 24.3 Å². The molecule has 130 valence electrons. The third-order valence-corrected chi connectivity index (χ3v) is 3.79. The van der Waals surface area contributed by atoms with Gasteiger partial charge < -0.3 is 14.6 Å². The molecule has 1 aromatic carbocycles. The fourth-order valence-electron chi connectivity index (χ4n) is 2.42. The quantitative estimate of drug-likeness (QED) is 0.792. The summed E-state index contributed by atoms with van der Waals surface area (Å²) in [5.41, 5.74) is 0.876. The summed E-state index contributed by atoms with van der Waals surface area (Å²) in [5.74, 6) is 1.73. The molecule has 0 saturated heterocycles. The molecule has 0 fully saturated rings. The molecule has 24 heavy (non-hydrogen) atoms. The Hall–Kier alpha value is -2.01. The molecular weight excluding hydrogens is 326 g/mol. The van der Waals surface area contributed by atoms with Crippen LogP contribution in [0.15, 0.2) is 30.6 Å². The van der Waals surface area contributed by atoms with Crippen LogP contribution in [0.25, 0.3) is 0 Å². The number of ether oxygens (including phenoxy) is 1. The summed E-state index contributed by atoms with van der Waals surface area (Å²) in [6, 6.07) is 5.45. The first kappa shape index (κ1) is 18.3. The van der Waals surface area contributed by atoms with Crippen molar-refractivity contribution in [1.82, 2.24) is 14.9 Å². The van der Waals surface area contributed by atoms with Gasteiger partial charge in [-0.1, -0.05) is 18.5 Å². The Morgan fingerprint density at radius 3 is 2.92 bits per heavy atom. The molecule has 0 atom stereocenters. The van der Waals surface area contributed by atoms with E-state index in [1.54, 1.807) is 12.3 Å². The first-order chi connectivity index (χ1) is 11.5. The van der Waals surface area contributed by atoms with E-state index in [0.717, 1.165) is 23.6 Å². The lowest BCUT2D eigenvalue weighted by Crippen LogP contribution is -2.24. The zero-order valence-electron chi connectivity index (χ0n) is 14.4. The van der Waals surface area contributed by atoms with Gasteiger partial charge in [0.25, 0.3) is 0 Å². The van der Waals surface area contributed by atoms with Crippen LogP contribution in [0, 0.1) is 0 Å². The van der Waals surface area contributed by atoms with Gasteiger partial charge in [0, 0.05) is 48.9 Å². The maximum absolute atomic E-state index is 12.1. The summed E-state index contributed by atoms with van der Waals surface area (Å²) in [5, 5.41) is 3.55. The van der Waals surface area contributed by atoms with Crippen molar-refractivity contribution >= 4 is 17.5 Å². The Morgan fingerprint density at radius 1 is 1.42 bits per heavy atom. The van der Waals surface area contributed by atoms with Gasteiger partial charge in [0.05, 0.1) is 6.10 Å². The molecule has 2 aromatic rings. The lowest BCUT2D eigenvalue weighted by atomic mass is 10.2. The van der Waals surface area contributed by atoms with E-state index in [1.807, 2.05) is 43.7 Å². The molecule has 6 heteroatoms. The van der Waals surface area contributed by atoms with Gasteiger partial charge in [0.1, 0.15) is 11.6 Å². The number of hydrogen-bond donors (Lipinski definition) is 1. The van der Waals surface area contributed by atoms with Crippen molar-refractivity contribution in [3.8, 4) is 5.75 Å². The van der Waals surface area contributed by atoms with E-state index in [0.29, 0.717) is 24.5 Å². The molecule has 0 unspecified atom stereocenters. The van der Waals surface area contributed by atoms with Crippen LogP contribution in [0.2, 0.25) is 5.02 Å². The fraction of sp³-hybridized carbons (Fsp3) is 0.444. The summed E-state index contributed by atoms with van der Waals surface area (Å²) >= 11 is 6.05. The van der Waals surface area contributed by atoms with Gasteiger partial charge in [-0.15, -0.1) is 0 Å².